The zero-order chi connectivity index (χ0) is 26.3. The second kappa shape index (κ2) is 10.3. The van der Waals surface area contributed by atoms with Crippen molar-refractivity contribution in [3.8, 4) is 0 Å². The lowest BCUT2D eigenvalue weighted by Crippen LogP contribution is -2.59. The average Bonchev–Trinajstić information content (AvgIpc) is 3.38. The minimum Gasteiger partial charge on any atom is -0.394 e. The quantitative estimate of drug-likeness (QED) is 0.437. The molecule has 35 heavy (non-hydrogen) atoms. The lowest BCUT2D eigenvalue weighted by molar-refractivity contribution is -0.148. The lowest BCUT2D eigenvalue weighted by atomic mass is 9.66. The zero-order valence-electron chi connectivity index (χ0n) is 22.2. The van der Waals surface area contributed by atoms with Gasteiger partial charge >= 0.3 is 0 Å². The molecule has 0 aromatic heterocycles. The lowest BCUT2D eigenvalue weighted by Gasteiger charge is -2.42. The fourth-order valence-electron chi connectivity index (χ4n) is 6.56. The molecule has 2 unspecified atom stereocenters. The molecule has 8 heteroatoms. The highest BCUT2D eigenvalue weighted by atomic mass is 32.2. The second-order valence-corrected chi connectivity index (χ2v) is 12.9. The van der Waals surface area contributed by atoms with E-state index in [4.69, 9.17) is 0 Å². The maximum Gasteiger partial charge on any atom is 0.247 e. The fourth-order valence-corrected chi connectivity index (χ4v) is 8.89. The summed E-state index contributed by atoms with van der Waals surface area (Å²) in [5.74, 6) is -1.42. The minimum atomic E-state index is -0.720. The standard InChI is InChI=1S/C27H43N3O4S/c1-9-14-28(8)23(32)20-21-24(33)30(19(16-31)18(6)11-3)22(25(34)29(15-10-2)17(4)5)27(21)13-12-26(20,7)35-27/h9-10,17-22,31H,1-2,11-16H2,3-8H3/t18-,19-,20-,21-,22?,26+,27?/m0/s1. The summed E-state index contributed by atoms with van der Waals surface area (Å²) in [6.07, 6.45) is 5.64. The van der Waals surface area contributed by atoms with Gasteiger partial charge in [0.05, 0.1) is 29.2 Å². The highest BCUT2D eigenvalue weighted by molar-refractivity contribution is 8.02. The van der Waals surface area contributed by atoms with Crippen LogP contribution in [0.15, 0.2) is 25.3 Å². The van der Waals surface area contributed by atoms with Crippen LogP contribution < -0.4 is 0 Å². The highest BCUT2D eigenvalue weighted by Crippen LogP contribution is 2.72. The molecule has 3 rings (SSSR count). The highest BCUT2D eigenvalue weighted by Gasteiger charge is 2.78. The SMILES string of the molecule is C=CCN(C)C(=O)[C@@H]1[C@H]2C(=O)N([C@@H](CO)[C@@H](C)CC)C(C(=O)N(CC=C)C(C)C)C23CC[C@@]1(C)S3. The van der Waals surface area contributed by atoms with E-state index in [0.29, 0.717) is 19.5 Å². The molecule has 1 spiro atoms. The number of nitrogens with zero attached hydrogens (tertiary/aromatic N) is 3. The summed E-state index contributed by atoms with van der Waals surface area (Å²) in [5.41, 5.74) is 0. The van der Waals surface area contributed by atoms with Crippen LogP contribution in [0.1, 0.15) is 53.9 Å². The van der Waals surface area contributed by atoms with E-state index in [2.05, 4.69) is 20.1 Å². The number of hydrogen-bond donors (Lipinski definition) is 1. The van der Waals surface area contributed by atoms with E-state index in [-0.39, 0.29) is 36.3 Å². The van der Waals surface area contributed by atoms with Gasteiger partial charge in [-0.15, -0.1) is 24.9 Å². The molecule has 3 amide bonds. The summed E-state index contributed by atoms with van der Waals surface area (Å²) in [6, 6.07) is -1.27. The third-order valence-electron chi connectivity index (χ3n) is 8.57. The van der Waals surface area contributed by atoms with Gasteiger partial charge in [0.2, 0.25) is 17.7 Å². The van der Waals surface area contributed by atoms with Crippen molar-refractivity contribution >= 4 is 29.5 Å². The van der Waals surface area contributed by atoms with E-state index in [1.54, 1.807) is 45.7 Å². The Balaban J connectivity index is 2.17. The molecule has 3 saturated heterocycles. The first-order valence-corrected chi connectivity index (χ1v) is 13.7. The van der Waals surface area contributed by atoms with Crippen LogP contribution in [-0.2, 0) is 14.4 Å². The van der Waals surface area contributed by atoms with Crippen LogP contribution in [0.5, 0.6) is 0 Å². The van der Waals surface area contributed by atoms with E-state index < -0.39 is 33.4 Å². The Morgan fingerprint density at radius 3 is 2.34 bits per heavy atom. The molecule has 1 N–H and O–H groups in total. The van der Waals surface area contributed by atoms with Gasteiger partial charge in [-0.25, -0.2) is 0 Å². The molecule has 7 atom stereocenters. The Hall–Kier alpha value is -1.80. The first-order valence-electron chi connectivity index (χ1n) is 12.9. The molecule has 3 heterocycles. The van der Waals surface area contributed by atoms with E-state index in [1.807, 2.05) is 27.7 Å². The van der Waals surface area contributed by atoms with Crippen molar-refractivity contribution < 1.29 is 19.5 Å². The molecule has 2 bridgehead atoms. The molecule has 196 valence electrons. The van der Waals surface area contributed by atoms with Crippen molar-refractivity contribution in [1.82, 2.24) is 14.7 Å². The summed E-state index contributed by atoms with van der Waals surface area (Å²) in [5, 5.41) is 10.4. The van der Waals surface area contributed by atoms with E-state index in [1.165, 1.54) is 0 Å². The molecule has 0 aromatic carbocycles. The number of likely N-dealkylation sites (N-methyl/N-ethyl adjacent to an activating group) is 1. The van der Waals surface area contributed by atoms with Crippen molar-refractivity contribution in [2.45, 2.75) is 81.5 Å². The summed E-state index contributed by atoms with van der Waals surface area (Å²) < 4.78 is -1.10. The van der Waals surface area contributed by atoms with Crippen molar-refractivity contribution in [2.24, 2.45) is 17.8 Å². The molecule has 0 radical (unpaired) electrons. The summed E-state index contributed by atoms with van der Waals surface area (Å²) >= 11 is 1.67. The summed E-state index contributed by atoms with van der Waals surface area (Å²) in [7, 11) is 1.75. The van der Waals surface area contributed by atoms with Gasteiger partial charge in [-0.1, -0.05) is 32.4 Å². The largest absolute Gasteiger partial charge is 0.394 e. The molecular formula is C27H43N3O4S. The number of amides is 3. The molecule has 7 nitrogen and oxygen atoms in total. The predicted molar refractivity (Wildman–Crippen MR) is 141 cm³/mol. The minimum absolute atomic E-state index is 0.0109. The Kier molecular flexibility index (Phi) is 8.17. The Morgan fingerprint density at radius 2 is 1.83 bits per heavy atom. The third kappa shape index (κ3) is 4.24. The van der Waals surface area contributed by atoms with Crippen LogP contribution >= 0.6 is 11.8 Å². The van der Waals surface area contributed by atoms with E-state index in [0.717, 1.165) is 12.8 Å². The van der Waals surface area contributed by atoms with Gasteiger partial charge in [0.25, 0.3) is 0 Å². The number of carbonyl (C=O) groups is 3. The Morgan fingerprint density at radius 1 is 1.20 bits per heavy atom. The topological polar surface area (TPSA) is 81.2 Å². The molecule has 3 fully saturated rings. The number of thioether (sulfide) groups is 1. The fraction of sp³-hybridized carbons (Fsp3) is 0.741. The second-order valence-electron chi connectivity index (χ2n) is 11.0. The predicted octanol–water partition coefficient (Wildman–Crippen LogP) is 2.94. The normalized spacial score (nSPS) is 33.0. The monoisotopic (exact) mass is 505 g/mol. The maximum absolute atomic E-state index is 14.3. The van der Waals surface area contributed by atoms with Gasteiger partial charge in [0.1, 0.15) is 6.04 Å². The first kappa shape index (κ1) is 27.8. The van der Waals surface area contributed by atoms with Gasteiger partial charge in [-0.3, -0.25) is 14.4 Å². The van der Waals surface area contributed by atoms with Crippen LogP contribution in [0, 0.1) is 17.8 Å². The molecule has 0 aliphatic carbocycles. The van der Waals surface area contributed by atoms with Crippen molar-refractivity contribution in [3.63, 3.8) is 0 Å². The van der Waals surface area contributed by atoms with Gasteiger partial charge in [0, 0.05) is 30.9 Å². The van der Waals surface area contributed by atoms with Crippen LogP contribution in [0.25, 0.3) is 0 Å². The van der Waals surface area contributed by atoms with Gasteiger partial charge < -0.3 is 19.8 Å². The van der Waals surface area contributed by atoms with Crippen molar-refractivity contribution in [2.75, 3.05) is 26.7 Å². The van der Waals surface area contributed by atoms with Crippen LogP contribution in [0.3, 0.4) is 0 Å². The van der Waals surface area contributed by atoms with Crippen molar-refractivity contribution in [3.05, 3.63) is 25.3 Å². The van der Waals surface area contributed by atoms with E-state index >= 15 is 0 Å². The third-order valence-corrected chi connectivity index (χ3v) is 10.6. The number of hydrogen-bond acceptors (Lipinski definition) is 5. The Labute approximate surface area is 215 Å². The molecule has 3 aliphatic rings. The number of likely N-dealkylation sites (tertiary alicyclic amines) is 1. The van der Waals surface area contributed by atoms with Crippen LogP contribution in [0.4, 0.5) is 0 Å². The number of fused-ring (bicyclic) bond motifs is 1. The summed E-state index contributed by atoms with van der Waals surface area (Å²) in [6.45, 7) is 18.2. The van der Waals surface area contributed by atoms with E-state index in [9.17, 15) is 19.5 Å². The molecular weight excluding hydrogens is 462 g/mol. The average molecular weight is 506 g/mol. The first-order chi connectivity index (χ1) is 16.4. The molecule has 0 saturated carbocycles. The smallest absolute Gasteiger partial charge is 0.247 e. The maximum atomic E-state index is 14.3. The summed E-state index contributed by atoms with van der Waals surface area (Å²) in [4.78, 5) is 47.4. The van der Waals surface area contributed by atoms with Gasteiger partial charge in [-0.05, 0) is 39.5 Å². The van der Waals surface area contributed by atoms with Gasteiger partial charge in [0.15, 0.2) is 0 Å². The number of rotatable bonds is 11. The zero-order valence-corrected chi connectivity index (χ0v) is 23.0. The van der Waals surface area contributed by atoms with Crippen LogP contribution in [0.2, 0.25) is 0 Å². The Bertz CT molecular complexity index is 878. The van der Waals surface area contributed by atoms with Crippen LogP contribution in [-0.4, -0.2) is 91.9 Å². The number of aliphatic hydroxyl groups excluding tert-OH is 1. The molecule has 0 aromatic rings. The number of aliphatic hydroxyl groups is 1. The molecule has 3 aliphatic heterocycles. The number of carbonyl (C=O) groups excluding carboxylic acids is 3. The van der Waals surface area contributed by atoms with Crippen molar-refractivity contribution in [1.29, 1.82) is 0 Å². The van der Waals surface area contributed by atoms with Gasteiger partial charge in [-0.2, -0.15) is 0 Å².